The summed E-state index contributed by atoms with van der Waals surface area (Å²) >= 11 is 5.99. The molecule has 1 heterocycles. The highest BCUT2D eigenvalue weighted by atomic mass is 35.5. The van der Waals surface area contributed by atoms with Crippen LogP contribution in [0.1, 0.15) is 35.8 Å². The van der Waals surface area contributed by atoms with E-state index in [1.165, 1.54) is 0 Å². The van der Waals surface area contributed by atoms with Crippen molar-refractivity contribution in [2.24, 2.45) is 0 Å². The van der Waals surface area contributed by atoms with Gasteiger partial charge in [0.05, 0.1) is 0 Å². The minimum Gasteiger partial charge on any atom is -0.344 e. The van der Waals surface area contributed by atoms with Gasteiger partial charge in [0.25, 0.3) is 0 Å². The third-order valence-electron chi connectivity index (χ3n) is 3.63. The molecule has 3 rings (SSSR count). The summed E-state index contributed by atoms with van der Waals surface area (Å²) in [6, 6.07) is 15.4. The van der Waals surface area contributed by atoms with Crippen molar-refractivity contribution in [3.63, 3.8) is 0 Å². The maximum atomic E-state index is 12.8. The van der Waals surface area contributed by atoms with Crippen LogP contribution in [0.3, 0.4) is 0 Å². The first-order chi connectivity index (χ1) is 10.1. The first-order valence-electron chi connectivity index (χ1n) is 6.98. The van der Waals surface area contributed by atoms with E-state index in [-0.39, 0.29) is 5.78 Å². The largest absolute Gasteiger partial charge is 0.344 e. The van der Waals surface area contributed by atoms with Crippen molar-refractivity contribution in [1.82, 2.24) is 4.57 Å². The number of benzene rings is 2. The molecule has 0 amide bonds. The lowest BCUT2D eigenvalue weighted by atomic mass is 10.0. The van der Waals surface area contributed by atoms with Gasteiger partial charge in [-0.25, -0.2) is 0 Å². The highest BCUT2D eigenvalue weighted by Crippen LogP contribution is 2.27. The van der Waals surface area contributed by atoms with Gasteiger partial charge in [0.15, 0.2) is 5.78 Å². The Kier molecular flexibility index (Phi) is 3.56. The summed E-state index contributed by atoms with van der Waals surface area (Å²) in [4.78, 5) is 12.8. The number of hydrogen-bond acceptors (Lipinski definition) is 1. The lowest BCUT2D eigenvalue weighted by Crippen LogP contribution is -2.01. The first-order valence-corrected chi connectivity index (χ1v) is 7.35. The molecule has 21 heavy (non-hydrogen) atoms. The standard InChI is InChI=1S/C18H16ClNO/c1-12(2)20-11-16(15-8-3-4-9-17(15)20)18(21)13-6-5-7-14(19)10-13/h3-12H,1-2H3. The molecule has 0 saturated carbocycles. The van der Waals surface area contributed by atoms with E-state index in [2.05, 4.69) is 18.4 Å². The molecule has 0 unspecified atom stereocenters. The summed E-state index contributed by atoms with van der Waals surface area (Å²) in [6.07, 6.45) is 1.94. The van der Waals surface area contributed by atoms with Crippen LogP contribution in [-0.2, 0) is 0 Å². The number of halogens is 1. The van der Waals surface area contributed by atoms with Gasteiger partial charge in [-0.3, -0.25) is 4.79 Å². The molecule has 0 bridgehead atoms. The Balaban J connectivity index is 2.19. The molecule has 3 heteroatoms. The molecule has 0 aliphatic heterocycles. The molecule has 3 aromatic rings. The predicted molar refractivity (Wildman–Crippen MR) is 87.2 cm³/mol. The zero-order valence-corrected chi connectivity index (χ0v) is 12.8. The number of nitrogens with zero attached hydrogens (tertiary/aromatic N) is 1. The van der Waals surface area contributed by atoms with Gasteiger partial charge in [-0.2, -0.15) is 0 Å². The smallest absolute Gasteiger partial charge is 0.195 e. The quantitative estimate of drug-likeness (QED) is 0.616. The summed E-state index contributed by atoms with van der Waals surface area (Å²) in [5.74, 6) is 0.00750. The van der Waals surface area contributed by atoms with Crippen molar-refractivity contribution in [3.8, 4) is 0 Å². The topological polar surface area (TPSA) is 22.0 Å². The van der Waals surface area contributed by atoms with Crippen molar-refractivity contribution in [2.75, 3.05) is 0 Å². The number of rotatable bonds is 3. The Labute approximate surface area is 129 Å². The van der Waals surface area contributed by atoms with Crippen molar-refractivity contribution in [2.45, 2.75) is 19.9 Å². The van der Waals surface area contributed by atoms with Gasteiger partial charge < -0.3 is 4.57 Å². The predicted octanol–water partition coefficient (Wildman–Crippen LogP) is 5.11. The summed E-state index contributed by atoms with van der Waals surface area (Å²) in [5.41, 5.74) is 2.42. The number of aromatic nitrogens is 1. The van der Waals surface area contributed by atoms with Crippen LogP contribution in [0.5, 0.6) is 0 Å². The van der Waals surface area contributed by atoms with E-state index in [9.17, 15) is 4.79 Å². The van der Waals surface area contributed by atoms with Crippen LogP contribution in [0.4, 0.5) is 0 Å². The van der Waals surface area contributed by atoms with Crippen LogP contribution in [-0.4, -0.2) is 10.4 Å². The molecular weight excluding hydrogens is 282 g/mol. The summed E-state index contributed by atoms with van der Waals surface area (Å²) < 4.78 is 2.13. The number of fused-ring (bicyclic) bond motifs is 1. The Morgan fingerprint density at radius 3 is 2.57 bits per heavy atom. The zero-order valence-electron chi connectivity index (χ0n) is 12.0. The average molecular weight is 298 g/mol. The van der Waals surface area contributed by atoms with Crippen molar-refractivity contribution < 1.29 is 4.79 Å². The fourth-order valence-corrected chi connectivity index (χ4v) is 2.79. The fraction of sp³-hybridized carbons (Fsp3) is 0.167. The minimum atomic E-state index is 0.00750. The average Bonchev–Trinajstić information content (AvgIpc) is 2.86. The third kappa shape index (κ3) is 2.47. The highest BCUT2D eigenvalue weighted by molar-refractivity contribution is 6.31. The second-order valence-electron chi connectivity index (χ2n) is 5.40. The number of carbonyl (C=O) groups excluding carboxylic acids is 1. The lowest BCUT2D eigenvalue weighted by molar-refractivity contribution is 0.104. The maximum absolute atomic E-state index is 12.8. The van der Waals surface area contributed by atoms with E-state index in [0.717, 1.165) is 16.5 Å². The number of carbonyl (C=O) groups is 1. The van der Waals surface area contributed by atoms with Crippen molar-refractivity contribution in [3.05, 3.63) is 70.9 Å². The molecule has 0 aliphatic rings. The molecule has 1 aromatic heterocycles. The normalized spacial score (nSPS) is 11.2. The summed E-state index contributed by atoms with van der Waals surface area (Å²) in [7, 11) is 0. The fourth-order valence-electron chi connectivity index (χ4n) is 2.60. The summed E-state index contributed by atoms with van der Waals surface area (Å²) in [6.45, 7) is 4.22. The number of para-hydroxylation sites is 1. The summed E-state index contributed by atoms with van der Waals surface area (Å²) in [5, 5.41) is 1.56. The van der Waals surface area contributed by atoms with E-state index in [4.69, 9.17) is 11.6 Å². The molecule has 0 N–H and O–H groups in total. The van der Waals surface area contributed by atoms with E-state index in [1.54, 1.807) is 24.3 Å². The van der Waals surface area contributed by atoms with E-state index >= 15 is 0 Å². The van der Waals surface area contributed by atoms with Crippen LogP contribution < -0.4 is 0 Å². The minimum absolute atomic E-state index is 0.00750. The van der Waals surface area contributed by atoms with E-state index in [0.29, 0.717) is 16.6 Å². The zero-order chi connectivity index (χ0) is 15.0. The number of ketones is 1. The van der Waals surface area contributed by atoms with Gasteiger partial charge in [-0.05, 0) is 32.0 Å². The van der Waals surface area contributed by atoms with Gasteiger partial charge in [0.2, 0.25) is 0 Å². The van der Waals surface area contributed by atoms with Crippen LogP contribution >= 0.6 is 11.6 Å². The highest BCUT2D eigenvalue weighted by Gasteiger charge is 2.17. The Morgan fingerprint density at radius 2 is 1.86 bits per heavy atom. The molecule has 0 saturated heterocycles. The van der Waals surface area contributed by atoms with Gasteiger partial charge in [0.1, 0.15) is 0 Å². The van der Waals surface area contributed by atoms with Crippen LogP contribution in [0.15, 0.2) is 54.7 Å². The molecule has 0 spiro atoms. The van der Waals surface area contributed by atoms with Gasteiger partial charge in [-0.1, -0.05) is 41.9 Å². The molecule has 2 aromatic carbocycles. The Morgan fingerprint density at radius 1 is 1.10 bits per heavy atom. The van der Waals surface area contributed by atoms with Crippen LogP contribution in [0.2, 0.25) is 5.02 Å². The molecular formula is C18H16ClNO. The van der Waals surface area contributed by atoms with Gasteiger partial charge in [-0.15, -0.1) is 0 Å². The SMILES string of the molecule is CC(C)n1cc(C(=O)c2cccc(Cl)c2)c2ccccc21. The second kappa shape index (κ2) is 5.38. The van der Waals surface area contributed by atoms with Crippen molar-refractivity contribution in [1.29, 1.82) is 0 Å². The van der Waals surface area contributed by atoms with Gasteiger partial charge >= 0.3 is 0 Å². The first kappa shape index (κ1) is 13.9. The van der Waals surface area contributed by atoms with Crippen molar-refractivity contribution >= 4 is 28.3 Å². The monoisotopic (exact) mass is 297 g/mol. The Hall–Kier alpha value is -2.06. The Bertz CT molecular complexity index is 817. The van der Waals surface area contributed by atoms with E-state index < -0.39 is 0 Å². The second-order valence-corrected chi connectivity index (χ2v) is 5.84. The van der Waals surface area contributed by atoms with E-state index in [1.807, 2.05) is 30.5 Å². The third-order valence-corrected chi connectivity index (χ3v) is 3.86. The molecule has 0 atom stereocenters. The molecule has 2 nitrogen and oxygen atoms in total. The van der Waals surface area contributed by atoms with Crippen LogP contribution in [0, 0.1) is 0 Å². The van der Waals surface area contributed by atoms with Crippen LogP contribution in [0.25, 0.3) is 10.9 Å². The number of hydrogen-bond donors (Lipinski definition) is 0. The molecule has 0 aliphatic carbocycles. The molecule has 106 valence electrons. The molecule has 0 radical (unpaired) electrons. The maximum Gasteiger partial charge on any atom is 0.195 e. The van der Waals surface area contributed by atoms with Gasteiger partial charge in [0, 0.05) is 39.3 Å². The molecule has 0 fully saturated rings. The lowest BCUT2D eigenvalue weighted by Gasteiger charge is -2.08.